The molecule has 2 heterocycles. The Bertz CT molecular complexity index is 342. The zero-order valence-electron chi connectivity index (χ0n) is 11.8. The van der Waals surface area contributed by atoms with Crippen LogP contribution in [0, 0.1) is 5.92 Å². The highest BCUT2D eigenvalue weighted by Crippen LogP contribution is 2.17. The van der Waals surface area contributed by atoms with Gasteiger partial charge in [0.25, 0.3) is 0 Å². The van der Waals surface area contributed by atoms with E-state index in [1.165, 1.54) is 25.2 Å². The Labute approximate surface area is 115 Å². The van der Waals surface area contributed by atoms with Gasteiger partial charge in [0.05, 0.1) is 11.2 Å². The summed E-state index contributed by atoms with van der Waals surface area (Å²) in [7, 11) is 0. The van der Waals surface area contributed by atoms with Crippen molar-refractivity contribution >= 4 is 11.3 Å². The van der Waals surface area contributed by atoms with Crippen LogP contribution in [0.25, 0.3) is 0 Å². The van der Waals surface area contributed by atoms with Crippen LogP contribution in [-0.4, -0.2) is 41.6 Å². The predicted molar refractivity (Wildman–Crippen MR) is 78.1 cm³/mol. The molecule has 18 heavy (non-hydrogen) atoms. The lowest BCUT2D eigenvalue weighted by Gasteiger charge is -2.23. The summed E-state index contributed by atoms with van der Waals surface area (Å²) in [6.07, 6.45) is 2.43. The number of thiazole rings is 1. The Hall–Kier alpha value is -0.450. The first-order valence-electron chi connectivity index (χ1n) is 6.87. The van der Waals surface area contributed by atoms with Crippen LogP contribution in [-0.2, 0) is 6.42 Å². The van der Waals surface area contributed by atoms with Gasteiger partial charge in [-0.1, -0.05) is 0 Å². The number of nitrogens with one attached hydrogen (secondary N) is 1. The van der Waals surface area contributed by atoms with E-state index in [9.17, 15) is 0 Å². The van der Waals surface area contributed by atoms with Crippen molar-refractivity contribution in [2.24, 2.45) is 5.92 Å². The van der Waals surface area contributed by atoms with Crippen molar-refractivity contribution < 1.29 is 0 Å². The smallest absolute Gasteiger partial charge is 0.0794 e. The summed E-state index contributed by atoms with van der Waals surface area (Å²) in [6.45, 7) is 11.5. The van der Waals surface area contributed by atoms with Crippen LogP contribution in [0.15, 0.2) is 10.9 Å². The molecule has 1 aromatic heterocycles. The molecule has 1 fully saturated rings. The molecule has 4 heteroatoms. The Balaban J connectivity index is 1.65. The normalized spacial score (nSPS) is 21.6. The van der Waals surface area contributed by atoms with Crippen LogP contribution >= 0.6 is 11.3 Å². The average molecular weight is 267 g/mol. The lowest BCUT2D eigenvalue weighted by Crippen LogP contribution is -2.39. The van der Waals surface area contributed by atoms with Crippen LogP contribution in [0.4, 0.5) is 0 Å². The summed E-state index contributed by atoms with van der Waals surface area (Å²) in [6, 6.07) is 0. The molecule has 1 saturated heterocycles. The Kier molecular flexibility index (Phi) is 4.76. The van der Waals surface area contributed by atoms with E-state index in [-0.39, 0.29) is 5.54 Å². The Morgan fingerprint density at radius 2 is 2.33 bits per heavy atom. The summed E-state index contributed by atoms with van der Waals surface area (Å²) in [4.78, 5) is 6.92. The maximum Gasteiger partial charge on any atom is 0.0794 e. The zero-order valence-corrected chi connectivity index (χ0v) is 12.6. The maximum atomic E-state index is 4.34. The van der Waals surface area contributed by atoms with Crippen LogP contribution < -0.4 is 5.32 Å². The second-order valence-electron chi connectivity index (χ2n) is 6.32. The highest BCUT2D eigenvalue weighted by molar-refractivity contribution is 7.07. The summed E-state index contributed by atoms with van der Waals surface area (Å²) >= 11 is 1.69. The second-order valence-corrected chi connectivity index (χ2v) is 7.03. The maximum absolute atomic E-state index is 4.34. The van der Waals surface area contributed by atoms with E-state index in [4.69, 9.17) is 0 Å². The standard InChI is InChI=1S/C14H25N3S/c1-14(2,3)16-8-12-4-6-17(9-12)7-5-13-10-18-11-15-13/h10-12,16H,4-9H2,1-3H3. The largest absolute Gasteiger partial charge is 0.312 e. The predicted octanol–water partition coefficient (Wildman–Crippen LogP) is 2.40. The third kappa shape index (κ3) is 4.67. The van der Waals surface area contributed by atoms with Gasteiger partial charge in [0.2, 0.25) is 0 Å². The van der Waals surface area contributed by atoms with Crippen LogP contribution in [0.2, 0.25) is 0 Å². The fourth-order valence-corrected chi connectivity index (χ4v) is 2.96. The van der Waals surface area contributed by atoms with Gasteiger partial charge >= 0.3 is 0 Å². The van der Waals surface area contributed by atoms with E-state index in [0.29, 0.717) is 0 Å². The van der Waals surface area contributed by atoms with Crippen molar-refractivity contribution in [3.8, 4) is 0 Å². The number of hydrogen-bond acceptors (Lipinski definition) is 4. The van der Waals surface area contributed by atoms with Crippen molar-refractivity contribution in [2.45, 2.75) is 39.2 Å². The topological polar surface area (TPSA) is 28.2 Å². The number of rotatable bonds is 5. The first kappa shape index (κ1) is 14.0. The second kappa shape index (κ2) is 6.13. The van der Waals surface area contributed by atoms with E-state index in [1.54, 1.807) is 11.3 Å². The third-order valence-corrected chi connectivity index (χ3v) is 4.09. The van der Waals surface area contributed by atoms with Gasteiger partial charge in [0, 0.05) is 30.4 Å². The van der Waals surface area contributed by atoms with Crippen LogP contribution in [0.1, 0.15) is 32.9 Å². The molecule has 0 radical (unpaired) electrons. The quantitative estimate of drug-likeness (QED) is 0.888. The van der Waals surface area contributed by atoms with Gasteiger partial charge < -0.3 is 10.2 Å². The molecule has 1 aliphatic rings. The van der Waals surface area contributed by atoms with Crippen LogP contribution in [0.3, 0.4) is 0 Å². The fraction of sp³-hybridized carbons (Fsp3) is 0.786. The Morgan fingerprint density at radius 1 is 1.50 bits per heavy atom. The van der Waals surface area contributed by atoms with Crippen molar-refractivity contribution in [1.82, 2.24) is 15.2 Å². The lowest BCUT2D eigenvalue weighted by atomic mass is 10.1. The van der Waals surface area contributed by atoms with Crippen molar-refractivity contribution in [1.29, 1.82) is 0 Å². The third-order valence-electron chi connectivity index (χ3n) is 3.46. The SMILES string of the molecule is CC(C)(C)NCC1CCN(CCc2cscn2)C1. The molecule has 0 bridgehead atoms. The number of likely N-dealkylation sites (tertiary alicyclic amines) is 1. The number of nitrogens with zero attached hydrogens (tertiary/aromatic N) is 2. The molecule has 1 aromatic rings. The van der Waals surface area contributed by atoms with Crippen molar-refractivity contribution in [3.05, 3.63) is 16.6 Å². The zero-order chi connectivity index (χ0) is 13.0. The van der Waals surface area contributed by atoms with Crippen LogP contribution in [0.5, 0.6) is 0 Å². The first-order valence-corrected chi connectivity index (χ1v) is 7.82. The first-order chi connectivity index (χ1) is 8.53. The molecule has 0 saturated carbocycles. The molecule has 0 aromatic carbocycles. The summed E-state index contributed by atoms with van der Waals surface area (Å²) < 4.78 is 0. The van der Waals surface area contributed by atoms with Crippen molar-refractivity contribution in [2.75, 3.05) is 26.2 Å². The van der Waals surface area contributed by atoms with E-state index >= 15 is 0 Å². The minimum absolute atomic E-state index is 0.244. The van der Waals surface area contributed by atoms with Gasteiger partial charge in [-0.05, 0) is 46.2 Å². The molecular formula is C14H25N3S. The summed E-state index contributed by atoms with van der Waals surface area (Å²) in [5.41, 5.74) is 3.42. The van der Waals surface area contributed by atoms with E-state index < -0.39 is 0 Å². The number of hydrogen-bond donors (Lipinski definition) is 1. The van der Waals surface area contributed by atoms with Gasteiger partial charge in [-0.15, -0.1) is 11.3 Å². The highest BCUT2D eigenvalue weighted by atomic mass is 32.1. The minimum Gasteiger partial charge on any atom is -0.312 e. The van der Waals surface area contributed by atoms with Gasteiger partial charge in [0.1, 0.15) is 0 Å². The lowest BCUT2D eigenvalue weighted by molar-refractivity contribution is 0.314. The van der Waals surface area contributed by atoms with E-state index in [0.717, 1.165) is 25.4 Å². The van der Waals surface area contributed by atoms with Crippen molar-refractivity contribution in [3.63, 3.8) is 0 Å². The number of aromatic nitrogens is 1. The summed E-state index contributed by atoms with van der Waals surface area (Å²) in [5.74, 6) is 0.819. The molecule has 1 atom stereocenters. The molecule has 1 unspecified atom stereocenters. The molecule has 0 amide bonds. The van der Waals surface area contributed by atoms with Gasteiger partial charge in [-0.3, -0.25) is 0 Å². The van der Waals surface area contributed by atoms with Gasteiger partial charge in [-0.2, -0.15) is 0 Å². The fourth-order valence-electron chi connectivity index (χ4n) is 2.37. The monoisotopic (exact) mass is 267 g/mol. The minimum atomic E-state index is 0.244. The van der Waals surface area contributed by atoms with Gasteiger partial charge in [0.15, 0.2) is 0 Å². The molecule has 2 rings (SSSR count). The highest BCUT2D eigenvalue weighted by Gasteiger charge is 2.23. The molecule has 0 aliphatic carbocycles. The van der Waals surface area contributed by atoms with E-state index in [1.807, 2.05) is 5.51 Å². The molecule has 0 spiro atoms. The Morgan fingerprint density at radius 3 is 3.00 bits per heavy atom. The van der Waals surface area contributed by atoms with E-state index in [2.05, 4.69) is 41.4 Å². The molecule has 3 nitrogen and oxygen atoms in total. The average Bonchev–Trinajstić information content (AvgIpc) is 2.94. The summed E-state index contributed by atoms with van der Waals surface area (Å²) in [5, 5.41) is 5.78. The molecule has 102 valence electrons. The molecule has 1 N–H and O–H groups in total. The molecule has 1 aliphatic heterocycles. The molecular weight excluding hydrogens is 242 g/mol. The van der Waals surface area contributed by atoms with Gasteiger partial charge in [-0.25, -0.2) is 4.98 Å².